The number of amides is 2. The van der Waals surface area contributed by atoms with Gasteiger partial charge in [0.1, 0.15) is 5.76 Å². The number of anilines is 1. The van der Waals surface area contributed by atoms with E-state index in [4.69, 9.17) is 4.42 Å². The van der Waals surface area contributed by atoms with Crippen LogP contribution in [-0.4, -0.2) is 12.6 Å². The van der Waals surface area contributed by atoms with Gasteiger partial charge in [-0.3, -0.25) is 0 Å². The van der Waals surface area contributed by atoms with Crippen molar-refractivity contribution in [1.29, 1.82) is 0 Å². The molecule has 4 nitrogen and oxygen atoms in total. The summed E-state index contributed by atoms with van der Waals surface area (Å²) in [5, 5.41) is 9.91. The van der Waals surface area contributed by atoms with Gasteiger partial charge in [0.05, 0.1) is 12.2 Å². The van der Waals surface area contributed by atoms with Crippen LogP contribution >= 0.6 is 11.3 Å². The lowest BCUT2D eigenvalue weighted by molar-refractivity contribution is 0.251. The van der Waals surface area contributed by atoms with E-state index in [-0.39, 0.29) is 11.9 Å². The van der Waals surface area contributed by atoms with Crippen LogP contribution in [0.3, 0.4) is 0 Å². The molecule has 2 aromatic heterocycles. The number of para-hydroxylation sites is 1. The predicted molar refractivity (Wildman–Crippen MR) is 93.1 cm³/mol. The minimum Gasteiger partial charge on any atom is -0.469 e. The molecule has 0 saturated heterocycles. The number of hydrogen-bond donors (Lipinski definition) is 2. The van der Waals surface area contributed by atoms with Crippen molar-refractivity contribution in [3.05, 3.63) is 76.4 Å². The Labute approximate surface area is 139 Å². The highest BCUT2D eigenvalue weighted by atomic mass is 32.1. The molecule has 118 valence electrons. The zero-order valence-electron chi connectivity index (χ0n) is 12.8. The van der Waals surface area contributed by atoms with Crippen LogP contribution in [0.15, 0.2) is 63.9 Å². The number of rotatable bonds is 5. The number of thiophene rings is 1. The quantitative estimate of drug-likeness (QED) is 0.720. The van der Waals surface area contributed by atoms with Gasteiger partial charge in [0.15, 0.2) is 0 Å². The molecule has 0 aliphatic carbocycles. The van der Waals surface area contributed by atoms with E-state index in [2.05, 4.69) is 22.1 Å². The summed E-state index contributed by atoms with van der Waals surface area (Å²) >= 11 is 1.63. The van der Waals surface area contributed by atoms with Gasteiger partial charge in [-0.15, -0.1) is 0 Å². The second-order valence-corrected chi connectivity index (χ2v) is 6.05. The van der Waals surface area contributed by atoms with E-state index in [0.29, 0.717) is 6.54 Å². The molecule has 0 fully saturated rings. The van der Waals surface area contributed by atoms with Gasteiger partial charge in [-0.05, 0) is 53.1 Å². The van der Waals surface area contributed by atoms with Crippen molar-refractivity contribution in [2.75, 3.05) is 11.9 Å². The van der Waals surface area contributed by atoms with E-state index in [1.807, 2.05) is 48.7 Å². The molecule has 1 atom stereocenters. The zero-order chi connectivity index (χ0) is 16.1. The fourth-order valence-corrected chi connectivity index (χ4v) is 3.13. The first-order valence-electron chi connectivity index (χ1n) is 7.40. The predicted octanol–water partition coefficient (Wildman–Crippen LogP) is 4.60. The van der Waals surface area contributed by atoms with Gasteiger partial charge in [-0.25, -0.2) is 4.79 Å². The Morgan fingerprint density at radius 1 is 1.22 bits per heavy atom. The molecule has 5 heteroatoms. The third-order valence-corrected chi connectivity index (χ3v) is 4.39. The first-order chi connectivity index (χ1) is 11.2. The lowest BCUT2D eigenvalue weighted by Crippen LogP contribution is -2.32. The summed E-state index contributed by atoms with van der Waals surface area (Å²) < 4.78 is 5.52. The molecule has 23 heavy (non-hydrogen) atoms. The van der Waals surface area contributed by atoms with E-state index < -0.39 is 0 Å². The Hall–Kier alpha value is -2.53. The Kier molecular flexibility index (Phi) is 4.78. The number of aryl methyl sites for hydroxylation is 1. The normalized spacial score (nSPS) is 11.9. The van der Waals surface area contributed by atoms with Gasteiger partial charge >= 0.3 is 6.03 Å². The molecule has 2 heterocycles. The van der Waals surface area contributed by atoms with E-state index in [9.17, 15) is 4.79 Å². The van der Waals surface area contributed by atoms with Crippen molar-refractivity contribution < 1.29 is 9.21 Å². The van der Waals surface area contributed by atoms with Crippen LogP contribution < -0.4 is 10.6 Å². The number of carbonyl (C=O) groups excluding carboxylic acids is 1. The number of hydrogen-bond acceptors (Lipinski definition) is 3. The summed E-state index contributed by atoms with van der Waals surface area (Å²) in [5.41, 5.74) is 2.99. The number of nitrogens with one attached hydrogen (secondary N) is 2. The first-order valence-corrected chi connectivity index (χ1v) is 8.34. The monoisotopic (exact) mass is 326 g/mol. The van der Waals surface area contributed by atoms with Crippen molar-refractivity contribution in [3.63, 3.8) is 0 Å². The number of carbonyl (C=O) groups is 1. The molecular weight excluding hydrogens is 308 g/mol. The molecule has 0 radical (unpaired) electrons. The smallest absolute Gasteiger partial charge is 0.319 e. The maximum Gasteiger partial charge on any atom is 0.319 e. The van der Waals surface area contributed by atoms with Crippen molar-refractivity contribution in [2.24, 2.45) is 0 Å². The maximum absolute atomic E-state index is 12.2. The van der Waals surface area contributed by atoms with Crippen LogP contribution in [0.1, 0.15) is 22.8 Å². The van der Waals surface area contributed by atoms with Crippen LogP contribution in [0, 0.1) is 6.92 Å². The van der Waals surface area contributed by atoms with Crippen LogP contribution in [0.2, 0.25) is 0 Å². The minimum atomic E-state index is -0.217. The van der Waals surface area contributed by atoms with Crippen molar-refractivity contribution >= 4 is 23.1 Å². The number of benzene rings is 1. The van der Waals surface area contributed by atoms with Gasteiger partial charge in [-0.1, -0.05) is 18.2 Å². The molecule has 1 unspecified atom stereocenters. The average Bonchev–Trinajstić information content (AvgIpc) is 3.23. The van der Waals surface area contributed by atoms with Crippen LogP contribution in [0.25, 0.3) is 0 Å². The van der Waals surface area contributed by atoms with Gasteiger partial charge in [0.25, 0.3) is 0 Å². The van der Waals surface area contributed by atoms with E-state index in [0.717, 1.165) is 22.6 Å². The highest BCUT2D eigenvalue weighted by molar-refractivity contribution is 7.08. The molecule has 0 saturated carbocycles. The van der Waals surface area contributed by atoms with Crippen molar-refractivity contribution in [1.82, 2.24) is 5.32 Å². The Bertz CT molecular complexity index is 717. The summed E-state index contributed by atoms with van der Waals surface area (Å²) in [5.74, 6) is 0.860. The first kappa shape index (κ1) is 15.4. The van der Waals surface area contributed by atoms with E-state index >= 15 is 0 Å². The standard InChI is InChI=1S/C18H18N2O2S/c1-13-5-2-3-6-16(13)20-18(21)19-11-15(14-8-10-23-12-14)17-7-4-9-22-17/h2-10,12,15H,11H2,1H3,(H2,19,20,21). The summed E-state index contributed by atoms with van der Waals surface area (Å²) in [4.78, 5) is 12.2. The summed E-state index contributed by atoms with van der Waals surface area (Å²) in [6.45, 7) is 2.44. The second kappa shape index (κ2) is 7.15. The van der Waals surface area contributed by atoms with Crippen molar-refractivity contribution in [2.45, 2.75) is 12.8 Å². The van der Waals surface area contributed by atoms with E-state index in [1.165, 1.54) is 0 Å². The molecule has 0 aliphatic heterocycles. The molecule has 2 N–H and O–H groups in total. The summed E-state index contributed by atoms with van der Waals surface area (Å²) in [7, 11) is 0. The fraction of sp³-hybridized carbons (Fsp3) is 0.167. The average molecular weight is 326 g/mol. The molecule has 3 aromatic rings. The fourth-order valence-electron chi connectivity index (χ4n) is 2.42. The summed E-state index contributed by atoms with van der Waals surface area (Å²) in [6, 6.07) is 13.3. The minimum absolute atomic E-state index is 0.0128. The van der Waals surface area contributed by atoms with Crippen LogP contribution in [0.5, 0.6) is 0 Å². The van der Waals surface area contributed by atoms with Gasteiger partial charge in [0.2, 0.25) is 0 Å². The lowest BCUT2D eigenvalue weighted by Gasteiger charge is -2.15. The highest BCUT2D eigenvalue weighted by Crippen LogP contribution is 2.26. The summed E-state index contributed by atoms with van der Waals surface area (Å²) in [6.07, 6.45) is 1.65. The van der Waals surface area contributed by atoms with Gasteiger partial charge in [0, 0.05) is 12.2 Å². The Morgan fingerprint density at radius 2 is 2.09 bits per heavy atom. The molecule has 3 rings (SSSR count). The SMILES string of the molecule is Cc1ccccc1NC(=O)NCC(c1ccsc1)c1ccco1. The largest absolute Gasteiger partial charge is 0.469 e. The molecular formula is C18H18N2O2S. The highest BCUT2D eigenvalue weighted by Gasteiger charge is 2.18. The van der Waals surface area contributed by atoms with Gasteiger partial charge in [-0.2, -0.15) is 11.3 Å². The molecule has 0 spiro atoms. The Morgan fingerprint density at radius 3 is 2.78 bits per heavy atom. The molecule has 0 bridgehead atoms. The number of urea groups is 1. The Balaban J connectivity index is 1.65. The molecule has 0 aliphatic rings. The topological polar surface area (TPSA) is 54.3 Å². The second-order valence-electron chi connectivity index (χ2n) is 5.27. The third-order valence-electron chi connectivity index (χ3n) is 3.69. The van der Waals surface area contributed by atoms with Crippen molar-refractivity contribution in [3.8, 4) is 0 Å². The van der Waals surface area contributed by atoms with Crippen LogP contribution in [-0.2, 0) is 0 Å². The van der Waals surface area contributed by atoms with Crippen LogP contribution in [0.4, 0.5) is 10.5 Å². The molecule has 1 aromatic carbocycles. The van der Waals surface area contributed by atoms with E-state index in [1.54, 1.807) is 17.6 Å². The maximum atomic E-state index is 12.2. The molecule has 2 amide bonds. The number of furan rings is 1. The lowest BCUT2D eigenvalue weighted by atomic mass is 9.99. The van der Waals surface area contributed by atoms with Gasteiger partial charge < -0.3 is 15.1 Å². The zero-order valence-corrected chi connectivity index (χ0v) is 13.6. The third kappa shape index (κ3) is 3.81.